The predicted molar refractivity (Wildman–Crippen MR) is 133 cm³/mol. The van der Waals surface area contributed by atoms with Crippen molar-refractivity contribution in [3.05, 3.63) is 108 Å². The number of nitrogens with zero attached hydrogens (tertiary/aromatic N) is 2. The third-order valence-corrected chi connectivity index (χ3v) is 7.57. The summed E-state index contributed by atoms with van der Waals surface area (Å²) in [6.07, 6.45) is 0. The van der Waals surface area contributed by atoms with E-state index in [2.05, 4.69) is 86.6 Å². The van der Waals surface area contributed by atoms with E-state index in [0.29, 0.717) is 0 Å². The topological polar surface area (TPSA) is 25.8 Å². The molecule has 0 saturated heterocycles. The molecule has 6 rings (SSSR count). The summed E-state index contributed by atoms with van der Waals surface area (Å²) < 4.78 is 0. The molecular weight excluding hydrogens is 408 g/mol. The first-order valence-corrected chi connectivity index (χ1v) is 11.7. The molecule has 0 spiro atoms. The van der Waals surface area contributed by atoms with Crippen LogP contribution in [-0.2, 0) is 5.41 Å². The van der Waals surface area contributed by atoms with Crippen molar-refractivity contribution in [3.63, 3.8) is 0 Å². The maximum atomic E-state index is 5.13. The van der Waals surface area contributed by atoms with E-state index in [9.17, 15) is 0 Å². The Bertz CT molecular complexity index is 1470. The zero-order valence-corrected chi connectivity index (χ0v) is 18.9. The Hall–Kier alpha value is -3.43. The molecule has 0 radical (unpaired) electrons. The molecule has 1 aliphatic rings. The van der Waals surface area contributed by atoms with Gasteiger partial charge in [-0.15, -0.1) is 0 Å². The molecule has 0 fully saturated rings. The third-order valence-electron chi connectivity index (χ3n) is 6.35. The van der Waals surface area contributed by atoms with E-state index in [-0.39, 0.29) is 5.41 Å². The van der Waals surface area contributed by atoms with Crippen LogP contribution < -0.4 is 0 Å². The Morgan fingerprint density at radius 1 is 0.656 bits per heavy atom. The number of rotatable bonds is 2. The molecule has 0 N–H and O–H groups in total. The van der Waals surface area contributed by atoms with Gasteiger partial charge in [0, 0.05) is 31.7 Å². The van der Waals surface area contributed by atoms with Gasteiger partial charge in [-0.25, -0.2) is 9.97 Å². The molecule has 5 aromatic rings. The maximum absolute atomic E-state index is 5.13. The van der Waals surface area contributed by atoms with Crippen LogP contribution in [0.4, 0.5) is 0 Å². The van der Waals surface area contributed by atoms with Crippen molar-refractivity contribution in [2.24, 2.45) is 0 Å². The minimum atomic E-state index is -0.0712. The second-order valence-corrected chi connectivity index (χ2v) is 9.74. The first-order valence-electron chi connectivity index (χ1n) is 10.9. The molecular formula is C29H22N2S. The van der Waals surface area contributed by atoms with Gasteiger partial charge in [0.1, 0.15) is 0 Å². The number of benzene rings is 4. The summed E-state index contributed by atoms with van der Waals surface area (Å²) in [6, 6.07) is 34.0. The summed E-state index contributed by atoms with van der Waals surface area (Å²) in [6.45, 7) is 4.64. The summed E-state index contributed by atoms with van der Waals surface area (Å²) in [5.74, 6) is 0.761. The SMILES string of the molecule is CC1(C)c2ccccc2Sc2c(-c3nc(-c4ccccc4)nc4ccccc34)cccc21. The molecule has 0 unspecified atom stereocenters. The van der Waals surface area contributed by atoms with Crippen molar-refractivity contribution >= 4 is 22.7 Å². The lowest BCUT2D eigenvalue weighted by molar-refractivity contribution is 0.608. The summed E-state index contributed by atoms with van der Waals surface area (Å²) in [5.41, 5.74) is 6.82. The van der Waals surface area contributed by atoms with E-state index in [0.717, 1.165) is 28.0 Å². The number of hydrogen-bond acceptors (Lipinski definition) is 3. The molecule has 1 aliphatic heterocycles. The van der Waals surface area contributed by atoms with Crippen LogP contribution in [0.2, 0.25) is 0 Å². The lowest BCUT2D eigenvalue weighted by Gasteiger charge is -2.35. The lowest BCUT2D eigenvalue weighted by Crippen LogP contribution is -2.24. The second kappa shape index (κ2) is 7.32. The predicted octanol–water partition coefficient (Wildman–Crippen LogP) is 7.75. The Morgan fingerprint density at radius 3 is 2.25 bits per heavy atom. The minimum absolute atomic E-state index is 0.0712. The fraction of sp³-hybridized carbons (Fsp3) is 0.103. The van der Waals surface area contributed by atoms with Crippen LogP contribution in [0.25, 0.3) is 33.5 Å². The summed E-state index contributed by atoms with van der Waals surface area (Å²) in [7, 11) is 0. The van der Waals surface area contributed by atoms with Crippen LogP contribution in [-0.4, -0.2) is 9.97 Å². The smallest absolute Gasteiger partial charge is 0.160 e. The summed E-state index contributed by atoms with van der Waals surface area (Å²) in [4.78, 5) is 12.6. The zero-order chi connectivity index (χ0) is 21.7. The molecule has 1 aromatic heterocycles. The Morgan fingerprint density at radius 2 is 1.38 bits per heavy atom. The molecule has 4 aromatic carbocycles. The van der Waals surface area contributed by atoms with Gasteiger partial charge < -0.3 is 0 Å². The normalized spacial score (nSPS) is 14.1. The van der Waals surface area contributed by atoms with Crippen molar-refractivity contribution < 1.29 is 0 Å². The highest BCUT2D eigenvalue weighted by Crippen LogP contribution is 2.52. The summed E-state index contributed by atoms with van der Waals surface area (Å²) >= 11 is 1.86. The van der Waals surface area contributed by atoms with Crippen molar-refractivity contribution in [2.45, 2.75) is 29.1 Å². The van der Waals surface area contributed by atoms with E-state index < -0.39 is 0 Å². The molecule has 2 heterocycles. The van der Waals surface area contributed by atoms with Crippen LogP contribution in [0.1, 0.15) is 25.0 Å². The van der Waals surface area contributed by atoms with E-state index >= 15 is 0 Å². The quantitative estimate of drug-likeness (QED) is 0.286. The van der Waals surface area contributed by atoms with E-state index in [1.807, 2.05) is 36.0 Å². The van der Waals surface area contributed by atoms with Crippen LogP contribution in [0.3, 0.4) is 0 Å². The van der Waals surface area contributed by atoms with Gasteiger partial charge in [0.15, 0.2) is 5.82 Å². The Labute approximate surface area is 192 Å². The Kier molecular flexibility index (Phi) is 4.41. The molecule has 3 heteroatoms. The number of hydrogen-bond donors (Lipinski definition) is 0. The van der Waals surface area contributed by atoms with Gasteiger partial charge in [0.05, 0.1) is 11.2 Å². The van der Waals surface area contributed by atoms with Gasteiger partial charge in [-0.05, 0) is 23.3 Å². The average molecular weight is 431 g/mol. The molecule has 0 aliphatic carbocycles. The zero-order valence-electron chi connectivity index (χ0n) is 18.0. The average Bonchev–Trinajstić information content (AvgIpc) is 2.84. The van der Waals surface area contributed by atoms with Crippen LogP contribution in [0.5, 0.6) is 0 Å². The minimum Gasteiger partial charge on any atom is -0.228 e. The molecule has 0 bridgehead atoms. The van der Waals surface area contributed by atoms with Gasteiger partial charge >= 0.3 is 0 Å². The van der Waals surface area contributed by atoms with Crippen molar-refractivity contribution in [3.8, 4) is 22.6 Å². The highest BCUT2D eigenvalue weighted by atomic mass is 32.2. The molecule has 0 amide bonds. The van der Waals surface area contributed by atoms with Crippen molar-refractivity contribution in [1.82, 2.24) is 9.97 Å². The van der Waals surface area contributed by atoms with E-state index in [1.165, 1.54) is 26.5 Å². The monoisotopic (exact) mass is 430 g/mol. The second-order valence-electron chi connectivity index (χ2n) is 8.68. The largest absolute Gasteiger partial charge is 0.228 e. The maximum Gasteiger partial charge on any atom is 0.160 e. The molecule has 0 atom stereocenters. The number of aromatic nitrogens is 2. The molecule has 154 valence electrons. The molecule has 2 nitrogen and oxygen atoms in total. The van der Waals surface area contributed by atoms with Crippen LogP contribution in [0, 0.1) is 0 Å². The number of para-hydroxylation sites is 1. The van der Waals surface area contributed by atoms with Crippen LogP contribution in [0.15, 0.2) is 107 Å². The number of fused-ring (bicyclic) bond motifs is 3. The van der Waals surface area contributed by atoms with Gasteiger partial charge in [-0.3, -0.25) is 0 Å². The van der Waals surface area contributed by atoms with E-state index in [1.54, 1.807) is 0 Å². The summed E-state index contributed by atoms with van der Waals surface area (Å²) in [5, 5.41) is 1.08. The lowest BCUT2D eigenvalue weighted by atomic mass is 9.77. The van der Waals surface area contributed by atoms with Crippen molar-refractivity contribution in [2.75, 3.05) is 0 Å². The first kappa shape index (κ1) is 19.3. The van der Waals surface area contributed by atoms with Gasteiger partial charge in [0.25, 0.3) is 0 Å². The molecule has 0 saturated carbocycles. The van der Waals surface area contributed by atoms with Gasteiger partial charge in [0.2, 0.25) is 0 Å². The van der Waals surface area contributed by atoms with E-state index in [4.69, 9.17) is 9.97 Å². The molecule has 32 heavy (non-hydrogen) atoms. The fourth-order valence-electron chi connectivity index (χ4n) is 4.65. The first-order chi connectivity index (χ1) is 15.6. The van der Waals surface area contributed by atoms with Crippen molar-refractivity contribution in [1.29, 1.82) is 0 Å². The highest BCUT2D eigenvalue weighted by molar-refractivity contribution is 7.99. The third kappa shape index (κ3) is 2.96. The van der Waals surface area contributed by atoms with Gasteiger partial charge in [-0.2, -0.15) is 0 Å². The van der Waals surface area contributed by atoms with Crippen LogP contribution >= 0.6 is 11.8 Å². The highest BCUT2D eigenvalue weighted by Gasteiger charge is 2.34. The fourth-order valence-corrected chi connectivity index (χ4v) is 6.16. The standard InChI is InChI=1S/C29H22N2S/c1-29(2)22-15-7-9-18-25(22)32-27-21(14-10-16-23(27)29)26-20-13-6-8-17-24(20)30-28(31-26)19-11-4-3-5-12-19/h3-18H,1-2H3. The Balaban J connectivity index is 1.64. The van der Waals surface area contributed by atoms with Gasteiger partial charge in [-0.1, -0.05) is 111 Å².